The average Bonchev–Trinajstić information content (AvgIpc) is 3.35. The fourth-order valence-electron chi connectivity index (χ4n) is 2.89. The summed E-state index contributed by atoms with van der Waals surface area (Å²) in [4.78, 5) is 26.7. The van der Waals surface area contributed by atoms with E-state index in [0.29, 0.717) is 17.3 Å². The van der Waals surface area contributed by atoms with E-state index < -0.39 is 0 Å². The normalized spacial score (nSPS) is 18.9. The van der Waals surface area contributed by atoms with E-state index in [1.54, 1.807) is 12.1 Å². The molecule has 24 heavy (non-hydrogen) atoms. The molecule has 3 amide bonds. The van der Waals surface area contributed by atoms with Crippen molar-refractivity contribution in [1.29, 1.82) is 0 Å². The first-order valence-corrected chi connectivity index (χ1v) is 8.69. The first-order valence-electron chi connectivity index (χ1n) is 8.69. The molecule has 2 fully saturated rings. The summed E-state index contributed by atoms with van der Waals surface area (Å²) in [5, 5.41) is 8.89. The van der Waals surface area contributed by atoms with E-state index in [1.807, 2.05) is 13.0 Å². The molecule has 3 N–H and O–H groups in total. The standard InChI is InChI=1S/C18H26N4O2/c1-12-3-4-13(17(23)19-14-5-6-14)11-16(12)21-18(24)20-15-7-9-22(2)10-8-15/h3-4,11,14-15H,5-10H2,1-2H3,(H,19,23)(H2,20,21,24). The van der Waals surface area contributed by atoms with Gasteiger partial charge >= 0.3 is 6.03 Å². The van der Waals surface area contributed by atoms with Crippen molar-refractivity contribution in [3.05, 3.63) is 29.3 Å². The van der Waals surface area contributed by atoms with Gasteiger partial charge in [0.1, 0.15) is 0 Å². The molecule has 1 aromatic carbocycles. The number of amides is 3. The molecule has 0 radical (unpaired) electrons. The van der Waals surface area contributed by atoms with Crippen LogP contribution in [0, 0.1) is 6.92 Å². The van der Waals surface area contributed by atoms with E-state index in [4.69, 9.17) is 0 Å². The number of likely N-dealkylation sites (tertiary alicyclic amines) is 1. The van der Waals surface area contributed by atoms with Crippen LogP contribution in [0.4, 0.5) is 10.5 Å². The number of hydrogen-bond donors (Lipinski definition) is 3. The third-order valence-corrected chi connectivity index (χ3v) is 4.71. The Labute approximate surface area is 143 Å². The molecular weight excluding hydrogens is 304 g/mol. The molecule has 2 aliphatic rings. The van der Waals surface area contributed by atoms with Crippen LogP contribution in [-0.4, -0.2) is 49.1 Å². The zero-order chi connectivity index (χ0) is 17.1. The molecule has 1 heterocycles. The van der Waals surface area contributed by atoms with Gasteiger partial charge in [-0.1, -0.05) is 6.07 Å². The summed E-state index contributed by atoms with van der Waals surface area (Å²) in [5.74, 6) is -0.0729. The maximum Gasteiger partial charge on any atom is 0.319 e. The lowest BCUT2D eigenvalue weighted by molar-refractivity contribution is 0.0951. The summed E-state index contributed by atoms with van der Waals surface area (Å²) in [6.07, 6.45) is 4.04. The predicted octanol–water partition coefficient (Wildman–Crippen LogP) is 2.10. The third-order valence-electron chi connectivity index (χ3n) is 4.71. The third kappa shape index (κ3) is 4.47. The van der Waals surface area contributed by atoms with Gasteiger partial charge in [0.2, 0.25) is 0 Å². The van der Waals surface area contributed by atoms with Crippen LogP contribution in [0.15, 0.2) is 18.2 Å². The second-order valence-corrected chi connectivity index (χ2v) is 6.95. The van der Waals surface area contributed by atoms with E-state index in [1.165, 1.54) is 0 Å². The van der Waals surface area contributed by atoms with Crippen molar-refractivity contribution in [2.75, 3.05) is 25.5 Å². The Kier molecular flexibility index (Phi) is 5.04. The number of urea groups is 1. The van der Waals surface area contributed by atoms with Crippen molar-refractivity contribution >= 4 is 17.6 Å². The minimum Gasteiger partial charge on any atom is -0.349 e. The Morgan fingerprint density at radius 1 is 1.04 bits per heavy atom. The molecule has 1 saturated carbocycles. The Morgan fingerprint density at radius 2 is 1.71 bits per heavy atom. The lowest BCUT2D eigenvalue weighted by atomic mass is 10.1. The van der Waals surface area contributed by atoms with Crippen molar-refractivity contribution in [1.82, 2.24) is 15.5 Å². The van der Waals surface area contributed by atoms with Crippen LogP contribution in [0.1, 0.15) is 41.6 Å². The van der Waals surface area contributed by atoms with E-state index in [0.717, 1.165) is 44.3 Å². The Hall–Kier alpha value is -2.08. The molecule has 1 aromatic rings. The number of aryl methyl sites for hydroxylation is 1. The van der Waals surface area contributed by atoms with Crippen molar-refractivity contribution in [2.45, 2.75) is 44.7 Å². The van der Waals surface area contributed by atoms with Gasteiger partial charge in [-0.2, -0.15) is 0 Å². The fraction of sp³-hybridized carbons (Fsp3) is 0.556. The number of hydrogen-bond acceptors (Lipinski definition) is 3. The molecule has 3 rings (SSSR count). The highest BCUT2D eigenvalue weighted by Crippen LogP contribution is 2.21. The fourth-order valence-corrected chi connectivity index (χ4v) is 2.89. The monoisotopic (exact) mass is 330 g/mol. The first kappa shape index (κ1) is 16.8. The minimum atomic E-state index is -0.201. The van der Waals surface area contributed by atoms with Crippen LogP contribution >= 0.6 is 0 Å². The molecule has 0 unspecified atom stereocenters. The Morgan fingerprint density at radius 3 is 2.38 bits per heavy atom. The van der Waals surface area contributed by atoms with Gasteiger partial charge in [-0.05, 0) is 70.4 Å². The number of piperidine rings is 1. The van der Waals surface area contributed by atoms with Crippen molar-refractivity contribution < 1.29 is 9.59 Å². The SMILES string of the molecule is Cc1ccc(C(=O)NC2CC2)cc1NC(=O)NC1CCN(C)CC1. The Balaban J connectivity index is 1.58. The van der Waals surface area contributed by atoms with Crippen molar-refractivity contribution in [3.63, 3.8) is 0 Å². The summed E-state index contributed by atoms with van der Waals surface area (Å²) in [6.45, 7) is 3.93. The second-order valence-electron chi connectivity index (χ2n) is 6.95. The smallest absolute Gasteiger partial charge is 0.319 e. The molecule has 0 spiro atoms. The molecule has 0 bridgehead atoms. The number of anilines is 1. The highest BCUT2D eigenvalue weighted by molar-refractivity contribution is 5.97. The molecule has 6 heteroatoms. The summed E-state index contributed by atoms with van der Waals surface area (Å²) in [6, 6.07) is 5.75. The quantitative estimate of drug-likeness (QED) is 0.791. The molecule has 0 aromatic heterocycles. The Bertz CT molecular complexity index is 619. The van der Waals surface area contributed by atoms with Crippen LogP contribution in [-0.2, 0) is 0 Å². The van der Waals surface area contributed by atoms with Crippen LogP contribution in [0.3, 0.4) is 0 Å². The van der Waals surface area contributed by atoms with E-state index in [2.05, 4.69) is 27.9 Å². The maximum atomic E-state index is 12.2. The molecule has 6 nitrogen and oxygen atoms in total. The zero-order valence-corrected chi connectivity index (χ0v) is 14.4. The first-order chi connectivity index (χ1) is 11.5. The number of rotatable bonds is 4. The summed E-state index contributed by atoms with van der Waals surface area (Å²) >= 11 is 0. The van der Waals surface area contributed by atoms with E-state index in [9.17, 15) is 9.59 Å². The largest absolute Gasteiger partial charge is 0.349 e. The molecule has 1 saturated heterocycles. The molecule has 1 aliphatic heterocycles. The number of benzene rings is 1. The average molecular weight is 330 g/mol. The minimum absolute atomic E-state index is 0.0729. The molecular formula is C18H26N4O2. The van der Waals surface area contributed by atoms with E-state index >= 15 is 0 Å². The van der Waals surface area contributed by atoms with Gasteiger partial charge in [-0.3, -0.25) is 4.79 Å². The lowest BCUT2D eigenvalue weighted by Gasteiger charge is -2.29. The lowest BCUT2D eigenvalue weighted by Crippen LogP contribution is -2.44. The number of nitrogens with one attached hydrogen (secondary N) is 3. The zero-order valence-electron chi connectivity index (χ0n) is 14.4. The van der Waals surface area contributed by atoms with Gasteiger partial charge in [0, 0.05) is 23.3 Å². The van der Waals surface area contributed by atoms with Gasteiger partial charge < -0.3 is 20.9 Å². The van der Waals surface area contributed by atoms with Gasteiger partial charge in [0.15, 0.2) is 0 Å². The topological polar surface area (TPSA) is 73.5 Å². The summed E-state index contributed by atoms with van der Waals surface area (Å²) in [7, 11) is 2.10. The van der Waals surface area contributed by atoms with Crippen LogP contribution in [0.2, 0.25) is 0 Å². The highest BCUT2D eigenvalue weighted by atomic mass is 16.2. The van der Waals surface area contributed by atoms with Gasteiger partial charge in [0.25, 0.3) is 5.91 Å². The van der Waals surface area contributed by atoms with Gasteiger partial charge in [-0.25, -0.2) is 4.79 Å². The van der Waals surface area contributed by atoms with Crippen molar-refractivity contribution in [2.24, 2.45) is 0 Å². The van der Waals surface area contributed by atoms with Crippen molar-refractivity contribution in [3.8, 4) is 0 Å². The van der Waals surface area contributed by atoms with Gasteiger partial charge in [0.05, 0.1) is 0 Å². The number of nitrogens with zero attached hydrogens (tertiary/aromatic N) is 1. The molecule has 0 atom stereocenters. The van der Waals surface area contributed by atoms with E-state index in [-0.39, 0.29) is 18.0 Å². The van der Waals surface area contributed by atoms with Crippen LogP contribution in [0.25, 0.3) is 0 Å². The second kappa shape index (κ2) is 7.21. The predicted molar refractivity (Wildman–Crippen MR) is 94.3 cm³/mol. The summed E-state index contributed by atoms with van der Waals surface area (Å²) in [5.41, 5.74) is 2.21. The highest BCUT2D eigenvalue weighted by Gasteiger charge is 2.24. The van der Waals surface area contributed by atoms with Crippen LogP contribution in [0.5, 0.6) is 0 Å². The molecule has 130 valence electrons. The number of carbonyl (C=O) groups is 2. The number of carbonyl (C=O) groups excluding carboxylic acids is 2. The van der Waals surface area contributed by atoms with Crippen LogP contribution < -0.4 is 16.0 Å². The summed E-state index contributed by atoms with van der Waals surface area (Å²) < 4.78 is 0. The molecule has 1 aliphatic carbocycles. The maximum absolute atomic E-state index is 12.2. The van der Waals surface area contributed by atoms with Gasteiger partial charge in [-0.15, -0.1) is 0 Å².